The van der Waals surface area contributed by atoms with Gasteiger partial charge in [0, 0.05) is 11.8 Å². The van der Waals surface area contributed by atoms with Gasteiger partial charge in [-0.3, -0.25) is 4.79 Å². The van der Waals surface area contributed by atoms with Gasteiger partial charge in [-0.15, -0.1) is 0 Å². The van der Waals surface area contributed by atoms with Crippen molar-refractivity contribution in [3.63, 3.8) is 0 Å². The number of hydrogen-bond acceptors (Lipinski definition) is 3. The first kappa shape index (κ1) is 17.5. The van der Waals surface area contributed by atoms with Gasteiger partial charge in [-0.25, -0.2) is 4.79 Å². The van der Waals surface area contributed by atoms with E-state index in [9.17, 15) is 9.59 Å². The highest BCUT2D eigenvalue weighted by molar-refractivity contribution is 5.94. The maximum absolute atomic E-state index is 11.8. The van der Waals surface area contributed by atoms with Crippen molar-refractivity contribution < 1.29 is 14.3 Å². The van der Waals surface area contributed by atoms with E-state index < -0.39 is 5.97 Å². The van der Waals surface area contributed by atoms with Crippen LogP contribution in [-0.4, -0.2) is 18.5 Å². The molecule has 4 heteroatoms. The molecule has 0 spiro atoms. The fourth-order valence-corrected chi connectivity index (χ4v) is 2.14. The van der Waals surface area contributed by atoms with Crippen LogP contribution in [-0.2, 0) is 20.7 Å². The predicted octanol–water partition coefficient (Wildman–Crippen LogP) is 3.75. The molecular weight excluding hydrogens is 302 g/mol. The largest absolute Gasteiger partial charge is 0.452 e. The molecule has 0 aliphatic carbocycles. The Morgan fingerprint density at radius 2 is 1.79 bits per heavy atom. The number of rotatable bonds is 6. The van der Waals surface area contributed by atoms with Gasteiger partial charge in [0.25, 0.3) is 5.91 Å². The number of esters is 1. The number of carbonyl (C=O) groups is 2. The van der Waals surface area contributed by atoms with Crippen molar-refractivity contribution in [2.24, 2.45) is 0 Å². The average Bonchev–Trinajstić information content (AvgIpc) is 2.60. The van der Waals surface area contributed by atoms with Crippen LogP contribution >= 0.6 is 0 Å². The molecule has 0 saturated carbocycles. The van der Waals surface area contributed by atoms with Gasteiger partial charge in [-0.05, 0) is 48.2 Å². The predicted molar refractivity (Wildman–Crippen MR) is 95.6 cm³/mol. The Morgan fingerprint density at radius 1 is 1.08 bits per heavy atom. The Labute approximate surface area is 142 Å². The molecule has 0 aromatic heterocycles. The quantitative estimate of drug-likeness (QED) is 0.650. The third-order valence-electron chi connectivity index (χ3n) is 3.58. The molecule has 0 unspecified atom stereocenters. The lowest BCUT2D eigenvalue weighted by molar-refractivity contribution is -0.142. The Kier molecular flexibility index (Phi) is 6.32. The number of amides is 1. The summed E-state index contributed by atoms with van der Waals surface area (Å²) in [5.74, 6) is -0.911. The first-order valence-electron chi connectivity index (χ1n) is 7.87. The number of hydrogen-bond donors (Lipinski definition) is 1. The molecule has 4 nitrogen and oxygen atoms in total. The summed E-state index contributed by atoms with van der Waals surface area (Å²) < 4.78 is 4.94. The second kappa shape index (κ2) is 8.67. The highest BCUT2D eigenvalue weighted by Gasteiger charge is 2.06. The van der Waals surface area contributed by atoms with Crippen LogP contribution in [0.3, 0.4) is 0 Å². The molecule has 0 aliphatic rings. The second-order valence-electron chi connectivity index (χ2n) is 5.40. The summed E-state index contributed by atoms with van der Waals surface area (Å²) in [7, 11) is 0. The second-order valence-corrected chi connectivity index (χ2v) is 5.40. The maximum atomic E-state index is 11.8. The number of nitrogens with one attached hydrogen (secondary N) is 1. The number of aryl methyl sites for hydroxylation is 2. The van der Waals surface area contributed by atoms with Gasteiger partial charge in [0.1, 0.15) is 0 Å². The highest BCUT2D eigenvalue weighted by Crippen LogP contribution is 2.10. The van der Waals surface area contributed by atoms with Gasteiger partial charge < -0.3 is 10.1 Å². The molecule has 0 aliphatic heterocycles. The highest BCUT2D eigenvalue weighted by atomic mass is 16.5. The Morgan fingerprint density at radius 3 is 2.46 bits per heavy atom. The molecule has 0 atom stereocenters. The van der Waals surface area contributed by atoms with Crippen LogP contribution < -0.4 is 5.32 Å². The third kappa shape index (κ3) is 5.39. The van der Waals surface area contributed by atoms with Gasteiger partial charge in [0.15, 0.2) is 6.61 Å². The fourth-order valence-electron chi connectivity index (χ4n) is 2.14. The summed E-state index contributed by atoms with van der Waals surface area (Å²) in [6.07, 6.45) is 3.95. The zero-order valence-corrected chi connectivity index (χ0v) is 13.9. The molecule has 0 fully saturated rings. The van der Waals surface area contributed by atoms with E-state index in [4.69, 9.17) is 4.74 Å². The van der Waals surface area contributed by atoms with Crippen molar-refractivity contribution in [3.8, 4) is 0 Å². The number of benzene rings is 2. The van der Waals surface area contributed by atoms with Crippen LogP contribution in [0.1, 0.15) is 23.6 Å². The van der Waals surface area contributed by atoms with Gasteiger partial charge in [-0.2, -0.15) is 0 Å². The molecule has 0 radical (unpaired) electrons. The molecule has 2 aromatic rings. The fraction of sp³-hybridized carbons (Fsp3) is 0.200. The SMILES string of the molecule is CCc1ccc(NC(=O)COC(=O)/C=C/c2ccccc2C)cc1. The third-order valence-corrected chi connectivity index (χ3v) is 3.58. The van der Waals surface area contributed by atoms with Crippen LogP contribution in [0.2, 0.25) is 0 Å². The summed E-state index contributed by atoms with van der Waals surface area (Å²) in [6.45, 7) is 3.71. The van der Waals surface area contributed by atoms with E-state index >= 15 is 0 Å². The van der Waals surface area contributed by atoms with Crippen molar-refractivity contribution >= 4 is 23.6 Å². The molecule has 0 bridgehead atoms. The van der Waals surface area contributed by atoms with Crippen molar-refractivity contribution in [3.05, 3.63) is 71.3 Å². The monoisotopic (exact) mass is 323 g/mol. The topological polar surface area (TPSA) is 55.4 Å². The van der Waals surface area contributed by atoms with Crippen molar-refractivity contribution in [2.75, 3.05) is 11.9 Å². The minimum atomic E-state index is -0.547. The first-order chi connectivity index (χ1) is 11.6. The maximum Gasteiger partial charge on any atom is 0.331 e. The molecule has 0 heterocycles. The number of carbonyl (C=O) groups excluding carboxylic acids is 2. The molecule has 2 aromatic carbocycles. The number of ether oxygens (including phenoxy) is 1. The normalized spacial score (nSPS) is 10.6. The van der Waals surface area contributed by atoms with Crippen LogP contribution in [0.5, 0.6) is 0 Å². The Bertz CT molecular complexity index is 733. The lowest BCUT2D eigenvalue weighted by Crippen LogP contribution is -2.20. The summed E-state index contributed by atoms with van der Waals surface area (Å²) in [6, 6.07) is 15.3. The Balaban J connectivity index is 1.80. The molecule has 2 rings (SSSR count). The van der Waals surface area contributed by atoms with E-state index in [2.05, 4.69) is 12.2 Å². The summed E-state index contributed by atoms with van der Waals surface area (Å²) in [5.41, 5.74) is 3.88. The zero-order valence-electron chi connectivity index (χ0n) is 13.9. The molecule has 124 valence electrons. The van der Waals surface area contributed by atoms with Crippen molar-refractivity contribution in [1.82, 2.24) is 0 Å². The molecule has 0 saturated heterocycles. The minimum absolute atomic E-state index is 0.313. The first-order valence-corrected chi connectivity index (χ1v) is 7.87. The Hall–Kier alpha value is -2.88. The molecule has 24 heavy (non-hydrogen) atoms. The number of anilines is 1. The van der Waals surface area contributed by atoms with Crippen LogP contribution in [0.15, 0.2) is 54.6 Å². The summed E-state index contributed by atoms with van der Waals surface area (Å²) in [4.78, 5) is 23.5. The molecular formula is C20H21NO3. The lowest BCUT2D eigenvalue weighted by atomic mass is 10.1. The van der Waals surface area contributed by atoms with E-state index in [0.29, 0.717) is 5.69 Å². The van der Waals surface area contributed by atoms with E-state index in [-0.39, 0.29) is 12.5 Å². The van der Waals surface area contributed by atoms with Gasteiger partial charge in [-0.1, -0.05) is 43.3 Å². The van der Waals surface area contributed by atoms with Gasteiger partial charge in [0.2, 0.25) is 0 Å². The average molecular weight is 323 g/mol. The van der Waals surface area contributed by atoms with E-state index in [1.54, 1.807) is 6.08 Å². The molecule has 1 N–H and O–H groups in total. The van der Waals surface area contributed by atoms with Gasteiger partial charge >= 0.3 is 5.97 Å². The van der Waals surface area contributed by atoms with Crippen LogP contribution in [0.25, 0.3) is 6.08 Å². The van der Waals surface area contributed by atoms with E-state index in [1.807, 2.05) is 55.5 Å². The zero-order chi connectivity index (χ0) is 17.4. The van der Waals surface area contributed by atoms with Crippen LogP contribution in [0, 0.1) is 6.92 Å². The van der Waals surface area contributed by atoms with Crippen molar-refractivity contribution in [2.45, 2.75) is 20.3 Å². The summed E-state index contributed by atoms with van der Waals surface area (Å²) >= 11 is 0. The van der Waals surface area contributed by atoms with Gasteiger partial charge in [0.05, 0.1) is 0 Å². The minimum Gasteiger partial charge on any atom is -0.452 e. The summed E-state index contributed by atoms with van der Waals surface area (Å²) in [5, 5.41) is 2.69. The van der Waals surface area contributed by atoms with E-state index in [0.717, 1.165) is 17.5 Å². The van der Waals surface area contributed by atoms with Crippen LogP contribution in [0.4, 0.5) is 5.69 Å². The smallest absolute Gasteiger partial charge is 0.331 e. The lowest BCUT2D eigenvalue weighted by Gasteiger charge is -2.06. The van der Waals surface area contributed by atoms with Crippen molar-refractivity contribution in [1.29, 1.82) is 0 Å². The molecule has 1 amide bonds. The van der Waals surface area contributed by atoms with E-state index in [1.165, 1.54) is 11.6 Å². The standard InChI is InChI=1S/C20H21NO3/c1-3-16-8-11-18(12-9-16)21-19(22)14-24-20(23)13-10-17-7-5-4-6-15(17)2/h4-13H,3,14H2,1-2H3,(H,21,22)/b13-10+.